The van der Waals surface area contributed by atoms with Crippen LogP contribution in [0.4, 0.5) is 17.1 Å². The monoisotopic (exact) mass is 495 g/mol. The van der Waals surface area contributed by atoms with E-state index < -0.39 is 0 Å². The van der Waals surface area contributed by atoms with Gasteiger partial charge in [-0.25, -0.2) is 5.01 Å². The van der Waals surface area contributed by atoms with Gasteiger partial charge in [-0.15, -0.1) is 5.10 Å². The van der Waals surface area contributed by atoms with Gasteiger partial charge in [0.05, 0.1) is 5.69 Å². The predicted molar refractivity (Wildman–Crippen MR) is 149 cm³/mol. The Kier molecular flexibility index (Phi) is 6.95. The second-order valence-electron chi connectivity index (χ2n) is 9.55. The summed E-state index contributed by atoms with van der Waals surface area (Å²) < 4.78 is 0. The molecule has 0 radical (unpaired) electrons. The first kappa shape index (κ1) is 24.6. The molecule has 2 aliphatic rings. The Labute approximate surface area is 218 Å². The van der Waals surface area contributed by atoms with Crippen molar-refractivity contribution in [1.82, 2.24) is 4.90 Å². The minimum absolute atomic E-state index is 0.0867. The quantitative estimate of drug-likeness (QED) is 0.483. The third kappa shape index (κ3) is 4.94. The van der Waals surface area contributed by atoms with Crippen LogP contribution in [0.2, 0.25) is 0 Å². The van der Waals surface area contributed by atoms with E-state index in [1.165, 1.54) is 5.56 Å². The number of amidine groups is 1. The Morgan fingerprint density at radius 2 is 1.43 bits per heavy atom. The number of nitrogens with zero attached hydrogens (tertiary/aromatic N) is 5. The second-order valence-corrected chi connectivity index (χ2v) is 9.55. The molecule has 0 bridgehead atoms. The third-order valence-electron chi connectivity index (χ3n) is 7.05. The maximum Gasteiger partial charge on any atom is 0.222 e. The molecule has 5 rings (SSSR count). The largest absolute Gasteiger partial charge is 0.368 e. The summed E-state index contributed by atoms with van der Waals surface area (Å²) in [5, 5.41) is 6.75. The number of carbonyl (C=O) groups excluding carboxylic acids is 2. The fourth-order valence-electron chi connectivity index (χ4n) is 5.00. The van der Waals surface area contributed by atoms with Crippen LogP contribution in [0.25, 0.3) is 0 Å². The van der Waals surface area contributed by atoms with Crippen molar-refractivity contribution in [2.75, 3.05) is 41.0 Å². The van der Waals surface area contributed by atoms with Gasteiger partial charge in [-0.3, -0.25) is 14.5 Å². The molecule has 1 saturated heterocycles. The zero-order chi connectivity index (χ0) is 25.9. The van der Waals surface area contributed by atoms with Crippen molar-refractivity contribution in [2.45, 2.75) is 33.4 Å². The van der Waals surface area contributed by atoms with Gasteiger partial charge < -0.3 is 9.80 Å². The van der Waals surface area contributed by atoms with E-state index in [1.54, 1.807) is 6.92 Å². The predicted octanol–water partition coefficient (Wildman–Crippen LogP) is 4.98. The number of hydrogen-bond acceptors (Lipinski definition) is 6. The molecule has 3 aromatic carbocycles. The first-order valence-corrected chi connectivity index (χ1v) is 12.9. The molecular formula is C30H33N5O2. The van der Waals surface area contributed by atoms with Gasteiger partial charge in [-0.2, -0.15) is 0 Å². The van der Waals surface area contributed by atoms with Crippen LogP contribution in [0.15, 0.2) is 84.0 Å². The number of ketones is 1. The molecule has 0 N–H and O–H groups in total. The summed E-state index contributed by atoms with van der Waals surface area (Å²) in [5.41, 5.74) is 5.17. The van der Waals surface area contributed by atoms with Crippen LogP contribution in [0.5, 0.6) is 0 Å². The highest BCUT2D eigenvalue weighted by Crippen LogP contribution is 2.39. The number of hydrazone groups is 1. The number of carbonyl (C=O) groups is 2. The summed E-state index contributed by atoms with van der Waals surface area (Å²) in [6.07, 6.45) is 0.253. The highest BCUT2D eigenvalue weighted by molar-refractivity contribution is 6.44. The average molecular weight is 496 g/mol. The topological polar surface area (TPSA) is 59.5 Å². The summed E-state index contributed by atoms with van der Waals surface area (Å²) >= 11 is 0. The molecule has 7 nitrogen and oxygen atoms in total. The summed E-state index contributed by atoms with van der Waals surface area (Å²) in [4.78, 5) is 31.1. The van der Waals surface area contributed by atoms with E-state index in [0.717, 1.165) is 48.8 Å². The SMILES string of the molecule is CCC(=O)N1CCN(c2ccc(N3C(C(C)=O)=NN(c4ccccc4)[C@H]3c3ccc(C)cc3)cc2)CC1. The normalized spacial score (nSPS) is 17.7. The Balaban J connectivity index is 1.47. The first-order valence-electron chi connectivity index (χ1n) is 12.9. The molecule has 37 heavy (non-hydrogen) atoms. The maximum atomic E-state index is 12.8. The molecule has 0 aliphatic carbocycles. The number of Topliss-reactive ketones (excluding diaryl/α,β-unsaturated/α-hetero) is 1. The van der Waals surface area contributed by atoms with Gasteiger partial charge in [0.2, 0.25) is 5.91 Å². The van der Waals surface area contributed by atoms with Gasteiger partial charge in [-0.05, 0) is 48.9 Å². The Morgan fingerprint density at radius 1 is 0.811 bits per heavy atom. The van der Waals surface area contributed by atoms with E-state index in [0.29, 0.717) is 12.3 Å². The zero-order valence-corrected chi connectivity index (χ0v) is 21.7. The van der Waals surface area contributed by atoms with E-state index in [1.807, 2.05) is 52.1 Å². The summed E-state index contributed by atoms with van der Waals surface area (Å²) in [5.74, 6) is 0.537. The van der Waals surface area contributed by atoms with Gasteiger partial charge >= 0.3 is 0 Å². The van der Waals surface area contributed by atoms with Gasteiger partial charge in [0.25, 0.3) is 0 Å². The standard InChI is InChI=1S/C30H33N5O2/c1-4-28(37)33-20-18-32(19-21-33)25-14-16-26(17-15-25)34-29(23(3)36)31-35(27-8-6-5-7-9-27)30(34)24-12-10-22(2)11-13-24/h5-17,30H,4,18-21H2,1-3H3/t30-/m0/s1. The zero-order valence-electron chi connectivity index (χ0n) is 21.7. The molecule has 1 fully saturated rings. The van der Waals surface area contributed by atoms with Crippen molar-refractivity contribution in [1.29, 1.82) is 0 Å². The van der Waals surface area contributed by atoms with Crippen molar-refractivity contribution in [3.63, 3.8) is 0 Å². The molecule has 2 heterocycles. The van der Waals surface area contributed by atoms with E-state index in [4.69, 9.17) is 5.10 Å². The lowest BCUT2D eigenvalue weighted by Crippen LogP contribution is -2.48. The molecule has 1 amide bonds. The van der Waals surface area contributed by atoms with Crippen molar-refractivity contribution < 1.29 is 9.59 Å². The second kappa shape index (κ2) is 10.5. The molecule has 2 aliphatic heterocycles. The minimum Gasteiger partial charge on any atom is -0.368 e. The molecule has 3 aromatic rings. The van der Waals surface area contributed by atoms with Crippen LogP contribution in [-0.4, -0.2) is 48.6 Å². The minimum atomic E-state index is -0.295. The van der Waals surface area contributed by atoms with Crippen LogP contribution in [0.1, 0.15) is 37.6 Å². The summed E-state index contributed by atoms with van der Waals surface area (Å²) in [6.45, 7) is 8.64. The highest BCUT2D eigenvalue weighted by Gasteiger charge is 2.39. The number of benzene rings is 3. The number of amides is 1. The fraction of sp³-hybridized carbons (Fsp3) is 0.300. The van der Waals surface area contributed by atoms with E-state index in [2.05, 4.69) is 60.4 Å². The molecule has 0 aromatic heterocycles. The van der Waals surface area contributed by atoms with Crippen molar-refractivity contribution in [3.8, 4) is 0 Å². The van der Waals surface area contributed by atoms with Gasteiger partial charge in [-0.1, -0.05) is 55.0 Å². The van der Waals surface area contributed by atoms with Crippen LogP contribution in [-0.2, 0) is 9.59 Å². The number of hydrogen-bond donors (Lipinski definition) is 0. The lowest BCUT2D eigenvalue weighted by atomic mass is 10.1. The van der Waals surface area contributed by atoms with E-state index >= 15 is 0 Å². The summed E-state index contributed by atoms with van der Waals surface area (Å²) in [7, 11) is 0. The van der Waals surface area contributed by atoms with E-state index in [-0.39, 0.29) is 17.9 Å². The molecule has 0 spiro atoms. The number of anilines is 3. The number of piperazine rings is 1. The van der Waals surface area contributed by atoms with Crippen LogP contribution >= 0.6 is 0 Å². The van der Waals surface area contributed by atoms with Crippen LogP contribution in [0, 0.1) is 6.92 Å². The molecule has 0 unspecified atom stereocenters. The highest BCUT2D eigenvalue weighted by atomic mass is 16.2. The van der Waals surface area contributed by atoms with Crippen molar-refractivity contribution in [3.05, 3.63) is 90.0 Å². The molecular weight excluding hydrogens is 462 g/mol. The molecule has 1 atom stereocenters. The van der Waals surface area contributed by atoms with Crippen LogP contribution in [0.3, 0.4) is 0 Å². The third-order valence-corrected chi connectivity index (χ3v) is 7.05. The van der Waals surface area contributed by atoms with Gasteiger partial charge in [0.1, 0.15) is 0 Å². The smallest absolute Gasteiger partial charge is 0.222 e. The maximum absolute atomic E-state index is 12.8. The average Bonchev–Trinajstić information content (AvgIpc) is 3.35. The molecule has 7 heteroatoms. The number of para-hydroxylation sites is 1. The molecule has 190 valence electrons. The Hall–Kier alpha value is -4.13. The van der Waals surface area contributed by atoms with Crippen molar-refractivity contribution >= 4 is 34.6 Å². The Morgan fingerprint density at radius 3 is 2.03 bits per heavy atom. The van der Waals surface area contributed by atoms with Crippen molar-refractivity contribution in [2.24, 2.45) is 5.10 Å². The van der Waals surface area contributed by atoms with Gasteiger partial charge in [0, 0.05) is 50.9 Å². The lowest BCUT2D eigenvalue weighted by molar-refractivity contribution is -0.131. The molecule has 0 saturated carbocycles. The first-order chi connectivity index (χ1) is 18.0. The van der Waals surface area contributed by atoms with Crippen LogP contribution < -0.4 is 14.8 Å². The van der Waals surface area contributed by atoms with Gasteiger partial charge in [0.15, 0.2) is 17.8 Å². The number of rotatable bonds is 6. The number of aryl methyl sites for hydroxylation is 1. The Bertz CT molecular complexity index is 1280. The lowest BCUT2D eigenvalue weighted by Gasteiger charge is -2.36. The fourth-order valence-corrected chi connectivity index (χ4v) is 5.00. The summed E-state index contributed by atoms with van der Waals surface area (Å²) in [6, 6.07) is 26.7. The van der Waals surface area contributed by atoms with E-state index in [9.17, 15) is 9.59 Å².